The topological polar surface area (TPSA) is 49.6 Å². The van der Waals surface area contributed by atoms with Crippen molar-refractivity contribution in [1.82, 2.24) is 9.80 Å². The zero-order valence-electron chi connectivity index (χ0n) is 10.9. The quantitative estimate of drug-likeness (QED) is 0.846. The predicted molar refractivity (Wildman–Crippen MR) is 72.3 cm³/mol. The van der Waals surface area contributed by atoms with Crippen LogP contribution in [0.1, 0.15) is 11.5 Å². The highest BCUT2D eigenvalue weighted by Gasteiger charge is 2.26. The Bertz CT molecular complexity index is 385. The first kappa shape index (κ1) is 13.1. The van der Waals surface area contributed by atoms with Gasteiger partial charge in [0.05, 0.1) is 5.92 Å². The number of hydrogen-bond acceptors (Lipinski definition) is 3. The molecule has 0 radical (unpaired) electrons. The van der Waals surface area contributed by atoms with Crippen LogP contribution >= 0.6 is 0 Å². The summed E-state index contributed by atoms with van der Waals surface area (Å²) < 4.78 is 0. The molecule has 0 aromatic heterocycles. The molecule has 1 atom stereocenters. The molecule has 0 spiro atoms. The molecule has 1 saturated heterocycles. The average Bonchev–Trinajstić information content (AvgIpc) is 2.41. The van der Waals surface area contributed by atoms with Crippen molar-refractivity contribution in [2.24, 2.45) is 5.73 Å². The van der Waals surface area contributed by atoms with Crippen molar-refractivity contribution in [3.05, 3.63) is 35.9 Å². The lowest BCUT2D eigenvalue weighted by Gasteiger charge is -2.34. The fourth-order valence-electron chi connectivity index (χ4n) is 2.31. The second-order valence-corrected chi connectivity index (χ2v) is 4.83. The molecule has 1 amide bonds. The summed E-state index contributed by atoms with van der Waals surface area (Å²) in [5, 5.41) is 0. The van der Waals surface area contributed by atoms with Crippen LogP contribution in [0.15, 0.2) is 30.3 Å². The third-order valence-electron chi connectivity index (χ3n) is 3.55. The number of nitrogens with two attached hydrogens (primary N) is 1. The van der Waals surface area contributed by atoms with E-state index in [1.807, 2.05) is 35.2 Å². The van der Waals surface area contributed by atoms with Crippen molar-refractivity contribution in [3.63, 3.8) is 0 Å². The summed E-state index contributed by atoms with van der Waals surface area (Å²) in [6, 6.07) is 9.82. The van der Waals surface area contributed by atoms with Crippen LogP contribution in [0.5, 0.6) is 0 Å². The van der Waals surface area contributed by atoms with Crippen LogP contribution in [-0.4, -0.2) is 55.5 Å². The number of amides is 1. The van der Waals surface area contributed by atoms with E-state index in [-0.39, 0.29) is 11.8 Å². The SMILES string of the molecule is CN1CCN(C(=O)C(CN)c2ccccc2)CC1. The molecule has 4 heteroatoms. The van der Waals surface area contributed by atoms with Gasteiger partial charge in [-0.1, -0.05) is 30.3 Å². The summed E-state index contributed by atoms with van der Waals surface area (Å²) >= 11 is 0. The van der Waals surface area contributed by atoms with Gasteiger partial charge in [-0.15, -0.1) is 0 Å². The molecule has 98 valence electrons. The highest BCUT2D eigenvalue weighted by Crippen LogP contribution is 2.18. The van der Waals surface area contributed by atoms with E-state index in [0.717, 1.165) is 31.7 Å². The molecule has 0 aliphatic carbocycles. The highest BCUT2D eigenvalue weighted by atomic mass is 16.2. The molecule has 4 nitrogen and oxygen atoms in total. The van der Waals surface area contributed by atoms with Crippen LogP contribution in [0.3, 0.4) is 0 Å². The molecule has 18 heavy (non-hydrogen) atoms. The fourth-order valence-corrected chi connectivity index (χ4v) is 2.31. The minimum absolute atomic E-state index is 0.164. The molecule has 1 aromatic rings. The number of carbonyl (C=O) groups excluding carboxylic acids is 1. The van der Waals surface area contributed by atoms with Crippen LogP contribution in [0.4, 0.5) is 0 Å². The van der Waals surface area contributed by atoms with Crippen LogP contribution in [-0.2, 0) is 4.79 Å². The molecule has 1 aliphatic rings. The zero-order valence-corrected chi connectivity index (χ0v) is 10.9. The van der Waals surface area contributed by atoms with E-state index in [1.165, 1.54) is 0 Å². The van der Waals surface area contributed by atoms with Crippen molar-refractivity contribution in [3.8, 4) is 0 Å². The van der Waals surface area contributed by atoms with Gasteiger partial charge in [0.25, 0.3) is 0 Å². The Hall–Kier alpha value is -1.39. The number of likely N-dealkylation sites (N-methyl/N-ethyl adjacent to an activating group) is 1. The highest BCUT2D eigenvalue weighted by molar-refractivity contribution is 5.84. The van der Waals surface area contributed by atoms with Crippen molar-refractivity contribution in [2.75, 3.05) is 39.8 Å². The number of rotatable bonds is 3. The standard InChI is InChI=1S/C14H21N3O/c1-16-7-9-17(10-8-16)14(18)13(11-15)12-5-3-2-4-6-12/h2-6,13H,7-11,15H2,1H3. The maximum Gasteiger partial charge on any atom is 0.231 e. The van der Waals surface area contributed by atoms with Crippen molar-refractivity contribution < 1.29 is 4.79 Å². The number of hydrogen-bond donors (Lipinski definition) is 1. The van der Waals surface area contributed by atoms with Gasteiger partial charge in [0, 0.05) is 32.7 Å². The van der Waals surface area contributed by atoms with E-state index < -0.39 is 0 Å². The molecule has 0 bridgehead atoms. The van der Waals surface area contributed by atoms with E-state index in [4.69, 9.17) is 5.73 Å². The molecular formula is C14H21N3O. The fraction of sp³-hybridized carbons (Fsp3) is 0.500. The third-order valence-corrected chi connectivity index (χ3v) is 3.55. The van der Waals surface area contributed by atoms with Gasteiger partial charge in [0.2, 0.25) is 5.91 Å². The van der Waals surface area contributed by atoms with Crippen molar-refractivity contribution in [1.29, 1.82) is 0 Å². The number of piperazine rings is 1. The van der Waals surface area contributed by atoms with Crippen LogP contribution < -0.4 is 5.73 Å². The Morgan fingerprint density at radius 1 is 1.22 bits per heavy atom. The Labute approximate surface area is 108 Å². The van der Waals surface area contributed by atoms with E-state index in [2.05, 4.69) is 11.9 Å². The van der Waals surface area contributed by atoms with E-state index in [9.17, 15) is 4.79 Å². The summed E-state index contributed by atoms with van der Waals surface area (Å²) in [5.74, 6) is -0.0357. The summed E-state index contributed by atoms with van der Waals surface area (Å²) in [6.45, 7) is 3.86. The Morgan fingerprint density at radius 2 is 1.83 bits per heavy atom. The summed E-state index contributed by atoms with van der Waals surface area (Å²) in [7, 11) is 2.08. The van der Waals surface area contributed by atoms with Gasteiger partial charge in [-0.2, -0.15) is 0 Å². The van der Waals surface area contributed by atoms with Gasteiger partial charge in [0.15, 0.2) is 0 Å². The molecule has 1 aliphatic heterocycles. The first-order valence-corrected chi connectivity index (χ1v) is 6.44. The lowest BCUT2D eigenvalue weighted by atomic mass is 9.97. The lowest BCUT2D eigenvalue weighted by molar-refractivity contribution is -0.134. The lowest BCUT2D eigenvalue weighted by Crippen LogP contribution is -2.49. The van der Waals surface area contributed by atoms with Gasteiger partial charge in [-0.05, 0) is 12.6 Å². The first-order chi connectivity index (χ1) is 8.72. The largest absolute Gasteiger partial charge is 0.340 e. The van der Waals surface area contributed by atoms with Gasteiger partial charge in [-0.25, -0.2) is 0 Å². The van der Waals surface area contributed by atoms with Gasteiger partial charge in [0.1, 0.15) is 0 Å². The predicted octanol–water partition coefficient (Wildman–Crippen LogP) is 0.503. The second-order valence-electron chi connectivity index (χ2n) is 4.83. The molecule has 2 N–H and O–H groups in total. The van der Waals surface area contributed by atoms with Gasteiger partial charge >= 0.3 is 0 Å². The zero-order chi connectivity index (χ0) is 13.0. The minimum Gasteiger partial charge on any atom is -0.340 e. The molecule has 0 saturated carbocycles. The third kappa shape index (κ3) is 2.89. The van der Waals surface area contributed by atoms with Crippen molar-refractivity contribution >= 4 is 5.91 Å². The summed E-state index contributed by atoms with van der Waals surface area (Å²) in [5.41, 5.74) is 6.80. The van der Waals surface area contributed by atoms with Crippen molar-refractivity contribution in [2.45, 2.75) is 5.92 Å². The maximum atomic E-state index is 12.5. The number of benzene rings is 1. The number of carbonyl (C=O) groups is 1. The molecule has 1 aromatic carbocycles. The summed E-state index contributed by atoms with van der Waals surface area (Å²) in [6.07, 6.45) is 0. The average molecular weight is 247 g/mol. The Morgan fingerprint density at radius 3 is 2.39 bits per heavy atom. The second kappa shape index (κ2) is 5.98. The van der Waals surface area contributed by atoms with Crippen LogP contribution in [0.2, 0.25) is 0 Å². The molecule has 2 rings (SSSR count). The minimum atomic E-state index is -0.199. The van der Waals surface area contributed by atoms with E-state index in [0.29, 0.717) is 6.54 Å². The molecule has 1 heterocycles. The monoisotopic (exact) mass is 247 g/mol. The first-order valence-electron chi connectivity index (χ1n) is 6.44. The van der Waals surface area contributed by atoms with Crippen LogP contribution in [0, 0.1) is 0 Å². The molecule has 1 unspecified atom stereocenters. The summed E-state index contributed by atoms with van der Waals surface area (Å²) in [4.78, 5) is 16.6. The smallest absolute Gasteiger partial charge is 0.231 e. The van der Waals surface area contributed by atoms with Crippen LogP contribution in [0.25, 0.3) is 0 Å². The Balaban J connectivity index is 2.06. The molecular weight excluding hydrogens is 226 g/mol. The van der Waals surface area contributed by atoms with E-state index >= 15 is 0 Å². The maximum absolute atomic E-state index is 12.5. The number of nitrogens with zero attached hydrogens (tertiary/aromatic N) is 2. The van der Waals surface area contributed by atoms with E-state index in [1.54, 1.807) is 0 Å². The van der Waals surface area contributed by atoms with Gasteiger partial charge < -0.3 is 15.5 Å². The van der Waals surface area contributed by atoms with Gasteiger partial charge in [-0.3, -0.25) is 4.79 Å². The Kier molecular flexibility index (Phi) is 4.33. The normalized spacial score (nSPS) is 18.7. The molecule has 1 fully saturated rings.